The second kappa shape index (κ2) is 5.56. The molecule has 0 unspecified atom stereocenters. The van der Waals surface area contributed by atoms with E-state index in [0.29, 0.717) is 6.61 Å². The van der Waals surface area contributed by atoms with E-state index in [1.165, 1.54) is 18.2 Å². The van der Waals surface area contributed by atoms with E-state index in [1.54, 1.807) is 0 Å². The van der Waals surface area contributed by atoms with Gasteiger partial charge in [0.1, 0.15) is 17.4 Å². The fourth-order valence-corrected chi connectivity index (χ4v) is 2.47. The number of halogens is 2. The van der Waals surface area contributed by atoms with Crippen LogP contribution >= 0.6 is 0 Å². The minimum absolute atomic E-state index is 0.0665. The first kappa shape index (κ1) is 13.6. The lowest BCUT2D eigenvalue weighted by molar-refractivity contribution is 0.344. The highest BCUT2D eigenvalue weighted by molar-refractivity contribution is 5.86. The molecule has 2 nitrogen and oxygen atoms in total. The van der Waals surface area contributed by atoms with Crippen LogP contribution in [0, 0.1) is 11.6 Å². The fourth-order valence-electron chi connectivity index (χ4n) is 2.47. The molecule has 108 valence electrons. The van der Waals surface area contributed by atoms with E-state index in [1.807, 2.05) is 42.0 Å². The Labute approximate surface area is 121 Å². The van der Waals surface area contributed by atoms with Crippen molar-refractivity contribution in [1.82, 2.24) is 4.57 Å². The first-order valence-electron chi connectivity index (χ1n) is 6.84. The summed E-state index contributed by atoms with van der Waals surface area (Å²) >= 11 is 0. The Morgan fingerprint density at radius 3 is 2.43 bits per heavy atom. The number of rotatable bonds is 4. The molecule has 0 saturated heterocycles. The van der Waals surface area contributed by atoms with Crippen LogP contribution in [0.3, 0.4) is 0 Å². The Morgan fingerprint density at radius 2 is 1.71 bits per heavy atom. The number of benzene rings is 2. The number of ether oxygens (including phenoxy) is 1. The topological polar surface area (TPSA) is 14.2 Å². The first-order chi connectivity index (χ1) is 10.2. The van der Waals surface area contributed by atoms with Gasteiger partial charge in [-0.05, 0) is 37.3 Å². The molecule has 0 atom stereocenters. The van der Waals surface area contributed by atoms with Gasteiger partial charge < -0.3 is 9.30 Å². The average Bonchev–Trinajstić information content (AvgIpc) is 2.88. The fraction of sp³-hybridized carbons (Fsp3) is 0.176. The van der Waals surface area contributed by atoms with Crippen LogP contribution in [-0.2, 0) is 6.54 Å². The minimum atomic E-state index is -0.530. The standard InChI is InChI=1S/C17H15F2NO/c1-2-21-17-8-4-7-16-12(17)9-10-20(16)11-13-14(18)5-3-6-15(13)19/h3-10H,2,11H2,1H3. The molecule has 0 spiro atoms. The van der Waals surface area contributed by atoms with Gasteiger partial charge in [0.15, 0.2) is 0 Å². The number of aromatic nitrogens is 1. The Bertz CT molecular complexity index is 759. The second-order valence-corrected chi connectivity index (χ2v) is 4.77. The van der Waals surface area contributed by atoms with Crippen molar-refractivity contribution in [3.63, 3.8) is 0 Å². The van der Waals surface area contributed by atoms with Gasteiger partial charge in [-0.2, -0.15) is 0 Å². The van der Waals surface area contributed by atoms with Crippen LogP contribution in [0.5, 0.6) is 5.75 Å². The summed E-state index contributed by atoms with van der Waals surface area (Å²) in [6, 6.07) is 11.5. The second-order valence-electron chi connectivity index (χ2n) is 4.77. The number of hydrogen-bond donors (Lipinski definition) is 0. The predicted molar refractivity (Wildman–Crippen MR) is 78.6 cm³/mol. The smallest absolute Gasteiger partial charge is 0.131 e. The van der Waals surface area contributed by atoms with Gasteiger partial charge in [0.25, 0.3) is 0 Å². The van der Waals surface area contributed by atoms with Crippen molar-refractivity contribution in [1.29, 1.82) is 0 Å². The Kier molecular flexibility index (Phi) is 3.60. The molecule has 3 rings (SSSR count). The molecule has 0 aliphatic heterocycles. The Hall–Kier alpha value is -2.36. The zero-order chi connectivity index (χ0) is 14.8. The maximum Gasteiger partial charge on any atom is 0.131 e. The molecule has 0 radical (unpaired) electrons. The predicted octanol–water partition coefficient (Wildman–Crippen LogP) is 4.37. The van der Waals surface area contributed by atoms with E-state index >= 15 is 0 Å². The lowest BCUT2D eigenvalue weighted by atomic mass is 10.2. The van der Waals surface area contributed by atoms with Crippen molar-refractivity contribution in [3.05, 3.63) is 65.9 Å². The summed E-state index contributed by atoms with van der Waals surface area (Å²) in [6.45, 7) is 2.65. The van der Waals surface area contributed by atoms with Crippen molar-refractivity contribution in [2.45, 2.75) is 13.5 Å². The molecule has 1 aromatic heterocycles. The van der Waals surface area contributed by atoms with Crippen LogP contribution in [0.1, 0.15) is 12.5 Å². The third-order valence-corrected chi connectivity index (χ3v) is 3.46. The van der Waals surface area contributed by atoms with E-state index in [4.69, 9.17) is 4.74 Å². The molecule has 2 aromatic carbocycles. The van der Waals surface area contributed by atoms with Gasteiger partial charge in [-0.3, -0.25) is 0 Å². The zero-order valence-electron chi connectivity index (χ0n) is 11.6. The van der Waals surface area contributed by atoms with Crippen molar-refractivity contribution >= 4 is 10.9 Å². The molecule has 0 amide bonds. The van der Waals surface area contributed by atoms with Crippen molar-refractivity contribution in [3.8, 4) is 5.75 Å². The summed E-state index contributed by atoms with van der Waals surface area (Å²) in [5.74, 6) is -0.279. The van der Waals surface area contributed by atoms with Crippen LogP contribution in [0.25, 0.3) is 10.9 Å². The maximum absolute atomic E-state index is 13.8. The summed E-state index contributed by atoms with van der Waals surface area (Å²) < 4.78 is 34.9. The van der Waals surface area contributed by atoms with E-state index in [2.05, 4.69) is 0 Å². The summed E-state index contributed by atoms with van der Waals surface area (Å²) in [4.78, 5) is 0. The molecule has 21 heavy (non-hydrogen) atoms. The minimum Gasteiger partial charge on any atom is -0.493 e. The molecule has 0 fully saturated rings. The third kappa shape index (κ3) is 2.49. The highest BCUT2D eigenvalue weighted by Crippen LogP contribution is 2.27. The number of hydrogen-bond acceptors (Lipinski definition) is 1. The Balaban J connectivity index is 2.04. The number of nitrogens with zero attached hydrogens (tertiary/aromatic N) is 1. The van der Waals surface area contributed by atoms with Gasteiger partial charge in [0.05, 0.1) is 18.7 Å². The van der Waals surface area contributed by atoms with Crippen LogP contribution in [0.2, 0.25) is 0 Å². The molecule has 0 aliphatic rings. The van der Waals surface area contributed by atoms with Crippen LogP contribution in [0.15, 0.2) is 48.7 Å². The quantitative estimate of drug-likeness (QED) is 0.695. The summed E-state index contributed by atoms with van der Waals surface area (Å²) in [5, 5.41) is 0.941. The molecule has 0 saturated carbocycles. The van der Waals surface area contributed by atoms with Crippen LogP contribution in [0.4, 0.5) is 8.78 Å². The normalized spacial score (nSPS) is 11.0. The molecular formula is C17H15F2NO. The van der Waals surface area contributed by atoms with Crippen molar-refractivity contribution < 1.29 is 13.5 Å². The van der Waals surface area contributed by atoms with Crippen molar-refractivity contribution in [2.24, 2.45) is 0 Å². The van der Waals surface area contributed by atoms with E-state index in [9.17, 15) is 8.78 Å². The molecule has 0 bridgehead atoms. The molecule has 0 N–H and O–H groups in total. The molecule has 0 aliphatic carbocycles. The van der Waals surface area contributed by atoms with Crippen molar-refractivity contribution in [2.75, 3.05) is 6.61 Å². The summed E-state index contributed by atoms with van der Waals surface area (Å²) in [7, 11) is 0. The summed E-state index contributed by atoms with van der Waals surface area (Å²) in [5.41, 5.74) is 0.959. The molecule has 1 heterocycles. The van der Waals surface area contributed by atoms with Gasteiger partial charge in [-0.15, -0.1) is 0 Å². The van der Waals surface area contributed by atoms with E-state index < -0.39 is 11.6 Å². The highest BCUT2D eigenvalue weighted by Gasteiger charge is 2.12. The van der Waals surface area contributed by atoms with Gasteiger partial charge in [0, 0.05) is 17.1 Å². The molecule has 4 heteroatoms. The largest absolute Gasteiger partial charge is 0.493 e. The lowest BCUT2D eigenvalue weighted by Gasteiger charge is -2.09. The first-order valence-corrected chi connectivity index (χ1v) is 6.84. The molecule has 3 aromatic rings. The summed E-state index contributed by atoms with van der Waals surface area (Å²) in [6.07, 6.45) is 1.82. The van der Waals surface area contributed by atoms with Crippen LogP contribution in [-0.4, -0.2) is 11.2 Å². The Morgan fingerprint density at radius 1 is 1.00 bits per heavy atom. The van der Waals surface area contributed by atoms with E-state index in [-0.39, 0.29) is 12.1 Å². The number of fused-ring (bicyclic) bond motifs is 1. The third-order valence-electron chi connectivity index (χ3n) is 3.46. The highest BCUT2D eigenvalue weighted by atomic mass is 19.1. The van der Waals surface area contributed by atoms with Crippen LogP contribution < -0.4 is 4.74 Å². The molecular weight excluding hydrogens is 272 g/mol. The lowest BCUT2D eigenvalue weighted by Crippen LogP contribution is -2.03. The van der Waals surface area contributed by atoms with Gasteiger partial charge >= 0.3 is 0 Å². The van der Waals surface area contributed by atoms with Gasteiger partial charge in [-0.1, -0.05) is 12.1 Å². The van der Waals surface area contributed by atoms with Gasteiger partial charge in [0.2, 0.25) is 0 Å². The monoisotopic (exact) mass is 287 g/mol. The zero-order valence-corrected chi connectivity index (χ0v) is 11.6. The average molecular weight is 287 g/mol. The van der Waals surface area contributed by atoms with Gasteiger partial charge in [-0.25, -0.2) is 8.78 Å². The SMILES string of the molecule is CCOc1cccc2c1ccn2Cc1c(F)cccc1F. The maximum atomic E-state index is 13.8. The van der Waals surface area contributed by atoms with E-state index in [0.717, 1.165) is 16.7 Å².